The van der Waals surface area contributed by atoms with Crippen LogP contribution in [0, 0.1) is 5.92 Å². The van der Waals surface area contributed by atoms with Crippen LogP contribution < -0.4 is 14.2 Å². The summed E-state index contributed by atoms with van der Waals surface area (Å²) >= 11 is 0. The van der Waals surface area contributed by atoms with Crippen LogP contribution >= 0.6 is 0 Å². The number of ether oxygens (including phenoxy) is 4. The lowest BCUT2D eigenvalue weighted by Crippen LogP contribution is -2.41. The summed E-state index contributed by atoms with van der Waals surface area (Å²) in [6.07, 6.45) is 2.63. The molecule has 0 fully saturated rings. The SMILES string of the molecule is COC(=O)CN(C(=O)Oc1ccc(OC)cc1)C(CC(C)C)c1ccc(OCCc2nc(-c3ccccc3)cn2C)cc1. The number of aromatic nitrogens is 2. The first-order chi connectivity index (χ1) is 20.8. The van der Waals surface area contributed by atoms with Gasteiger partial charge in [0.05, 0.1) is 32.6 Å². The Morgan fingerprint density at radius 1 is 0.884 bits per heavy atom. The zero-order valence-electron chi connectivity index (χ0n) is 25.4. The average molecular weight is 586 g/mol. The van der Waals surface area contributed by atoms with Gasteiger partial charge in [0, 0.05) is 25.2 Å². The van der Waals surface area contributed by atoms with Gasteiger partial charge in [0.1, 0.15) is 29.6 Å². The zero-order chi connectivity index (χ0) is 30.8. The Morgan fingerprint density at radius 3 is 2.16 bits per heavy atom. The summed E-state index contributed by atoms with van der Waals surface area (Å²) < 4.78 is 23.8. The van der Waals surface area contributed by atoms with Crippen LogP contribution in [0.25, 0.3) is 11.3 Å². The second kappa shape index (κ2) is 14.9. The van der Waals surface area contributed by atoms with Crippen LogP contribution in [0.5, 0.6) is 17.2 Å². The van der Waals surface area contributed by atoms with Crippen LogP contribution in [-0.4, -0.2) is 53.9 Å². The molecule has 0 saturated carbocycles. The van der Waals surface area contributed by atoms with Gasteiger partial charge in [-0.25, -0.2) is 9.78 Å². The first kappa shape index (κ1) is 31.2. The normalized spacial score (nSPS) is 11.6. The Morgan fingerprint density at radius 2 is 1.53 bits per heavy atom. The molecular weight excluding hydrogens is 546 g/mol. The molecule has 1 unspecified atom stereocenters. The molecule has 0 aliphatic heterocycles. The van der Waals surface area contributed by atoms with Crippen molar-refractivity contribution in [1.29, 1.82) is 0 Å². The summed E-state index contributed by atoms with van der Waals surface area (Å²) in [7, 11) is 4.85. The van der Waals surface area contributed by atoms with Crippen molar-refractivity contribution < 1.29 is 28.5 Å². The first-order valence-corrected chi connectivity index (χ1v) is 14.3. The van der Waals surface area contributed by atoms with Crippen molar-refractivity contribution >= 4 is 12.1 Å². The largest absolute Gasteiger partial charge is 0.497 e. The summed E-state index contributed by atoms with van der Waals surface area (Å²) in [6.45, 7) is 4.33. The summed E-state index contributed by atoms with van der Waals surface area (Å²) in [5.74, 6) is 2.31. The highest BCUT2D eigenvalue weighted by Gasteiger charge is 2.30. The summed E-state index contributed by atoms with van der Waals surface area (Å²) in [6, 6.07) is 23.9. The zero-order valence-corrected chi connectivity index (χ0v) is 25.4. The second-order valence-electron chi connectivity index (χ2n) is 10.6. The van der Waals surface area contributed by atoms with Crippen LogP contribution in [0.3, 0.4) is 0 Å². The number of amides is 1. The van der Waals surface area contributed by atoms with E-state index < -0.39 is 18.1 Å². The summed E-state index contributed by atoms with van der Waals surface area (Å²) in [4.78, 5) is 32.0. The molecule has 3 aromatic carbocycles. The lowest BCUT2D eigenvalue weighted by atomic mass is 9.95. The van der Waals surface area contributed by atoms with Crippen molar-refractivity contribution in [3.63, 3.8) is 0 Å². The maximum absolute atomic E-state index is 13.4. The van der Waals surface area contributed by atoms with Crippen molar-refractivity contribution in [3.8, 4) is 28.5 Å². The fraction of sp³-hybridized carbons (Fsp3) is 0.324. The van der Waals surface area contributed by atoms with E-state index in [9.17, 15) is 9.59 Å². The van der Waals surface area contributed by atoms with Gasteiger partial charge in [-0.2, -0.15) is 0 Å². The predicted octanol–water partition coefficient (Wildman–Crippen LogP) is 6.48. The highest BCUT2D eigenvalue weighted by molar-refractivity contribution is 5.79. The van der Waals surface area contributed by atoms with Gasteiger partial charge in [0.2, 0.25) is 0 Å². The van der Waals surface area contributed by atoms with Crippen LogP contribution in [-0.2, 0) is 23.0 Å². The van der Waals surface area contributed by atoms with Gasteiger partial charge in [-0.15, -0.1) is 0 Å². The van der Waals surface area contributed by atoms with E-state index in [0.717, 1.165) is 22.6 Å². The highest BCUT2D eigenvalue weighted by atomic mass is 16.6. The molecule has 0 saturated heterocycles. The molecule has 1 amide bonds. The van der Waals surface area contributed by atoms with Crippen LogP contribution in [0.15, 0.2) is 85.1 Å². The van der Waals surface area contributed by atoms with E-state index in [1.165, 1.54) is 12.0 Å². The lowest BCUT2D eigenvalue weighted by Gasteiger charge is -2.31. The number of esters is 1. The topological polar surface area (TPSA) is 92.1 Å². The number of aryl methyl sites for hydroxylation is 1. The number of carbonyl (C=O) groups excluding carboxylic acids is 2. The summed E-state index contributed by atoms with van der Waals surface area (Å²) in [5, 5.41) is 0. The van der Waals surface area contributed by atoms with E-state index in [1.54, 1.807) is 31.4 Å². The summed E-state index contributed by atoms with van der Waals surface area (Å²) in [5.41, 5.74) is 2.86. The predicted molar refractivity (Wildman–Crippen MR) is 164 cm³/mol. The Kier molecular flexibility index (Phi) is 10.8. The Hall–Kier alpha value is -4.79. The van der Waals surface area contributed by atoms with Gasteiger partial charge >= 0.3 is 12.1 Å². The van der Waals surface area contributed by atoms with Crippen molar-refractivity contribution in [1.82, 2.24) is 14.5 Å². The van der Waals surface area contributed by atoms with Crippen LogP contribution in [0.2, 0.25) is 0 Å². The molecule has 226 valence electrons. The molecule has 9 nitrogen and oxygen atoms in total. The molecular formula is C34H39N3O6. The molecule has 0 radical (unpaired) electrons. The third-order valence-corrected chi connectivity index (χ3v) is 7.00. The van der Waals surface area contributed by atoms with Crippen LogP contribution in [0.1, 0.15) is 37.7 Å². The fourth-order valence-electron chi connectivity index (χ4n) is 4.73. The van der Waals surface area contributed by atoms with Crippen molar-refractivity contribution in [2.45, 2.75) is 32.7 Å². The Labute approximate surface area is 253 Å². The van der Waals surface area contributed by atoms with Crippen molar-refractivity contribution in [3.05, 3.63) is 96.4 Å². The van der Waals surface area contributed by atoms with Gasteiger partial charge < -0.3 is 23.5 Å². The number of benzene rings is 3. The minimum absolute atomic E-state index is 0.230. The smallest absolute Gasteiger partial charge is 0.416 e. The van der Waals surface area contributed by atoms with Gasteiger partial charge in [-0.1, -0.05) is 56.3 Å². The molecule has 4 aromatic rings. The molecule has 0 spiro atoms. The molecule has 0 N–H and O–H groups in total. The third-order valence-electron chi connectivity index (χ3n) is 7.00. The van der Waals surface area contributed by atoms with E-state index in [2.05, 4.69) is 13.8 Å². The number of imidazole rings is 1. The molecule has 1 aromatic heterocycles. The fourth-order valence-corrected chi connectivity index (χ4v) is 4.73. The molecule has 4 rings (SSSR count). The molecule has 0 bridgehead atoms. The number of nitrogens with zero attached hydrogens (tertiary/aromatic N) is 3. The quantitative estimate of drug-likeness (QED) is 0.166. The average Bonchev–Trinajstić information content (AvgIpc) is 3.39. The number of carbonyl (C=O) groups is 2. The molecule has 9 heteroatoms. The minimum atomic E-state index is -0.647. The Bertz CT molecular complexity index is 1470. The number of methoxy groups -OCH3 is 2. The van der Waals surface area contributed by atoms with Gasteiger partial charge in [0.15, 0.2) is 0 Å². The van der Waals surface area contributed by atoms with E-state index in [-0.39, 0.29) is 12.5 Å². The standard InChI is InChI=1S/C34H39N3O6/c1-24(2)21-31(37(23-33(38)41-5)34(39)43-29-17-15-27(40-4)16-18-29)26-11-13-28(14-12-26)42-20-19-32-35-30(22-36(32)3)25-9-7-6-8-10-25/h6-18,22,24,31H,19-21,23H2,1-5H3. The maximum atomic E-state index is 13.4. The van der Waals surface area contributed by atoms with Gasteiger partial charge in [-0.05, 0) is 54.3 Å². The van der Waals surface area contributed by atoms with Crippen molar-refractivity contribution in [2.24, 2.45) is 13.0 Å². The molecule has 43 heavy (non-hydrogen) atoms. The third kappa shape index (κ3) is 8.61. The van der Waals surface area contributed by atoms with E-state index in [0.29, 0.717) is 36.7 Å². The first-order valence-electron chi connectivity index (χ1n) is 14.3. The van der Waals surface area contributed by atoms with E-state index in [1.807, 2.05) is 72.4 Å². The van der Waals surface area contributed by atoms with Gasteiger partial charge in [0.25, 0.3) is 0 Å². The molecule has 0 aliphatic carbocycles. The number of hydrogen-bond donors (Lipinski definition) is 0. The van der Waals surface area contributed by atoms with E-state index in [4.69, 9.17) is 23.9 Å². The second-order valence-corrected chi connectivity index (χ2v) is 10.6. The lowest BCUT2D eigenvalue weighted by molar-refractivity contribution is -0.142. The van der Waals surface area contributed by atoms with Gasteiger partial charge in [-0.3, -0.25) is 9.69 Å². The Balaban J connectivity index is 1.46. The monoisotopic (exact) mass is 585 g/mol. The van der Waals surface area contributed by atoms with Crippen molar-refractivity contribution in [2.75, 3.05) is 27.4 Å². The maximum Gasteiger partial charge on any atom is 0.416 e. The number of rotatable bonds is 13. The minimum Gasteiger partial charge on any atom is -0.497 e. The number of hydrogen-bond acceptors (Lipinski definition) is 7. The molecule has 1 heterocycles. The van der Waals surface area contributed by atoms with Crippen LogP contribution in [0.4, 0.5) is 4.79 Å². The van der Waals surface area contributed by atoms with E-state index >= 15 is 0 Å². The highest BCUT2D eigenvalue weighted by Crippen LogP contribution is 2.31. The molecule has 1 atom stereocenters. The molecule has 0 aliphatic rings.